The molecule has 4 nitrogen and oxygen atoms in total. The number of hydrogen-bond donors (Lipinski definition) is 0. The van der Waals surface area contributed by atoms with E-state index in [1.54, 1.807) is 20.0 Å². The second kappa shape index (κ2) is 15.6. The van der Waals surface area contributed by atoms with Gasteiger partial charge in [0.25, 0.3) is 0 Å². The van der Waals surface area contributed by atoms with Crippen LogP contribution in [0.3, 0.4) is 0 Å². The largest absolute Gasteiger partial charge is 0.222 e. The van der Waals surface area contributed by atoms with Crippen LogP contribution in [0.4, 0.5) is 0 Å². The summed E-state index contributed by atoms with van der Waals surface area (Å²) in [5.41, 5.74) is 14.4. The first-order chi connectivity index (χ1) is 24.3. The molecule has 0 saturated carbocycles. The van der Waals surface area contributed by atoms with Gasteiger partial charge in [0.15, 0.2) is 0 Å². The standard InChI is InChI=1S/C43H33Se2.ClHO4/c1-5-14-30(15-6-1)38-28-40(32-18-9-3-10-19-32)44-42-34(24-26-36(38)42)22-13-23-35-25-27-37-39(31-16-7-2-8-17-31)29-41(45-43(35)37)33-20-11-4-12-21-33;2-1(3,4)5/h1-23,28-29H,24-27H2;(H,2,3,4,5)/q+1;/p-1. The molecule has 3 aliphatic rings. The Labute approximate surface area is 307 Å². The molecule has 50 heavy (non-hydrogen) atoms. The Morgan fingerprint density at radius 1 is 0.620 bits per heavy atom. The SMILES string of the molecule is C1=C(c2ccccc2)[Se]C2=C(/C=C/C=C3\CCc4c(-c5ccccc5)cc(-c5ccccc5)[se+]c43)CCC2=C1c1ccccc1.[O-][Cl+3]([O-])([O-])[O-]. The molecule has 0 atom stereocenters. The second-order valence-electron chi connectivity index (χ2n) is 12.1. The quantitative estimate of drug-likeness (QED) is 0.205. The van der Waals surface area contributed by atoms with Crippen LogP contribution in [0.5, 0.6) is 0 Å². The number of halogens is 1. The summed E-state index contributed by atoms with van der Waals surface area (Å²) in [7, 11) is -4.94. The monoisotopic (exact) mass is 808 g/mol. The molecule has 0 radical (unpaired) electrons. The van der Waals surface area contributed by atoms with E-state index in [1.807, 2.05) is 0 Å². The van der Waals surface area contributed by atoms with Gasteiger partial charge < -0.3 is 0 Å². The molecule has 248 valence electrons. The number of allylic oxidation sites excluding steroid dienone is 9. The number of benzene rings is 4. The first-order valence-electron chi connectivity index (χ1n) is 16.4. The molecule has 0 saturated heterocycles. The Bertz CT molecular complexity index is 2140. The maximum Gasteiger partial charge on any atom is -0.112 e. The van der Waals surface area contributed by atoms with E-state index >= 15 is 0 Å². The molecule has 0 amide bonds. The normalized spacial score (nSPS) is 16.3. The number of rotatable bonds is 6. The third kappa shape index (κ3) is 8.18. The average molecular weight is 807 g/mol. The first kappa shape index (κ1) is 34.5. The Balaban J connectivity index is 0.000000734. The topological polar surface area (TPSA) is 92.2 Å². The molecule has 7 heteroatoms. The van der Waals surface area contributed by atoms with Crippen molar-refractivity contribution in [1.29, 1.82) is 0 Å². The number of hydrogen-bond acceptors (Lipinski definition) is 4. The summed E-state index contributed by atoms with van der Waals surface area (Å²) in [5, 5.41) is 0. The molecular formula is C43H33ClO4Se2. The van der Waals surface area contributed by atoms with E-state index in [2.05, 4.69) is 152 Å². The fraction of sp³-hybridized carbons (Fsp3) is 0.0930. The third-order valence-electron chi connectivity index (χ3n) is 8.93. The van der Waals surface area contributed by atoms with Crippen molar-refractivity contribution in [3.8, 4) is 21.1 Å². The van der Waals surface area contributed by atoms with E-state index in [-0.39, 0.29) is 0 Å². The molecule has 0 spiro atoms. The molecule has 1 aliphatic heterocycles. The van der Waals surface area contributed by atoms with Crippen LogP contribution in [0, 0.1) is 10.2 Å². The average Bonchev–Trinajstić information content (AvgIpc) is 3.75. The Morgan fingerprint density at radius 3 is 1.80 bits per heavy atom. The Kier molecular flexibility index (Phi) is 10.7. The van der Waals surface area contributed by atoms with Crippen molar-refractivity contribution in [1.82, 2.24) is 0 Å². The Hall–Kier alpha value is -3.90. The molecule has 0 unspecified atom stereocenters. The zero-order valence-electron chi connectivity index (χ0n) is 27.1. The molecule has 5 aromatic rings. The summed E-state index contributed by atoms with van der Waals surface area (Å²) in [6.45, 7) is 0. The van der Waals surface area contributed by atoms with Crippen molar-refractivity contribution in [2.45, 2.75) is 25.7 Å². The van der Waals surface area contributed by atoms with Crippen LogP contribution in [0.15, 0.2) is 167 Å². The van der Waals surface area contributed by atoms with Crippen molar-refractivity contribution >= 4 is 45.1 Å². The van der Waals surface area contributed by atoms with Gasteiger partial charge in [0.1, 0.15) is 0 Å². The zero-order chi connectivity index (χ0) is 34.5. The fourth-order valence-corrected chi connectivity index (χ4v) is 12.1. The molecule has 1 aromatic heterocycles. The minimum Gasteiger partial charge on any atom is -0.222 e. The molecule has 0 N–H and O–H groups in total. The van der Waals surface area contributed by atoms with Crippen molar-refractivity contribution in [3.05, 3.63) is 188 Å². The van der Waals surface area contributed by atoms with Gasteiger partial charge in [0.05, 0.1) is 0 Å². The fourth-order valence-electron chi connectivity index (χ4n) is 6.68. The maximum absolute atomic E-state index is 8.49. The van der Waals surface area contributed by atoms with Crippen LogP contribution in [0.2, 0.25) is 0 Å². The van der Waals surface area contributed by atoms with Gasteiger partial charge in [-0.3, -0.25) is 0 Å². The summed E-state index contributed by atoms with van der Waals surface area (Å²) >= 11 is 0.589. The van der Waals surface area contributed by atoms with Crippen molar-refractivity contribution in [2.24, 2.45) is 0 Å². The first-order valence-corrected chi connectivity index (χ1v) is 21.0. The van der Waals surface area contributed by atoms with Gasteiger partial charge in [-0.25, -0.2) is 18.6 Å². The van der Waals surface area contributed by atoms with E-state index in [9.17, 15) is 0 Å². The van der Waals surface area contributed by atoms with E-state index in [0.29, 0.717) is 29.5 Å². The molecule has 8 rings (SSSR count). The molecule has 2 heterocycles. The van der Waals surface area contributed by atoms with E-state index in [0.717, 1.165) is 25.7 Å². The van der Waals surface area contributed by atoms with Gasteiger partial charge in [0.2, 0.25) is 0 Å². The third-order valence-corrected chi connectivity index (χ3v) is 14.3. The van der Waals surface area contributed by atoms with Crippen LogP contribution in [-0.4, -0.2) is 29.5 Å². The maximum atomic E-state index is 8.49. The van der Waals surface area contributed by atoms with E-state index < -0.39 is 10.2 Å². The van der Waals surface area contributed by atoms with Crippen LogP contribution in [0.25, 0.3) is 36.7 Å². The summed E-state index contributed by atoms with van der Waals surface area (Å²) in [5.74, 6) is 0. The van der Waals surface area contributed by atoms with Gasteiger partial charge in [-0.15, -0.1) is 10.2 Å². The van der Waals surface area contributed by atoms with Gasteiger partial charge in [-0.1, -0.05) is 0 Å². The minimum atomic E-state index is -4.94. The summed E-state index contributed by atoms with van der Waals surface area (Å²) < 4.78 is 40.1. The number of fused-ring (bicyclic) bond motifs is 2. The van der Waals surface area contributed by atoms with Crippen LogP contribution < -0.4 is 18.6 Å². The van der Waals surface area contributed by atoms with E-state index in [4.69, 9.17) is 18.6 Å². The molecule has 0 fully saturated rings. The molecule has 0 bridgehead atoms. The predicted molar refractivity (Wildman–Crippen MR) is 194 cm³/mol. The Morgan fingerprint density at radius 2 is 1.18 bits per heavy atom. The molecule has 2 aliphatic carbocycles. The van der Waals surface area contributed by atoms with Crippen molar-refractivity contribution in [3.63, 3.8) is 0 Å². The van der Waals surface area contributed by atoms with Gasteiger partial charge in [-0.2, -0.15) is 0 Å². The van der Waals surface area contributed by atoms with Crippen molar-refractivity contribution < 1.29 is 28.9 Å². The summed E-state index contributed by atoms with van der Waals surface area (Å²) in [6, 6.07) is 46.4. The van der Waals surface area contributed by atoms with Crippen LogP contribution in [0.1, 0.15) is 40.4 Å². The summed E-state index contributed by atoms with van der Waals surface area (Å²) in [6.07, 6.45) is 14.3. The predicted octanol–water partition coefficient (Wildman–Crippen LogP) is 5.75. The van der Waals surface area contributed by atoms with Crippen molar-refractivity contribution in [2.75, 3.05) is 0 Å². The van der Waals surface area contributed by atoms with Crippen LogP contribution in [-0.2, 0) is 6.42 Å². The summed E-state index contributed by atoms with van der Waals surface area (Å²) in [4.78, 5) is 0. The van der Waals surface area contributed by atoms with Crippen LogP contribution >= 0.6 is 0 Å². The minimum absolute atomic E-state index is 0.294. The van der Waals surface area contributed by atoms with Gasteiger partial charge >= 0.3 is 280 Å². The second-order valence-corrected chi connectivity index (χ2v) is 17.3. The van der Waals surface area contributed by atoms with Gasteiger partial charge in [-0.05, 0) is 0 Å². The van der Waals surface area contributed by atoms with Gasteiger partial charge in [0, 0.05) is 0 Å². The smallest absolute Gasteiger partial charge is 0.112 e. The zero-order valence-corrected chi connectivity index (χ0v) is 31.3. The molecule has 4 aromatic carbocycles. The molecular weight excluding hydrogens is 774 g/mol. The van der Waals surface area contributed by atoms with E-state index in [1.165, 1.54) is 53.4 Å².